The first-order chi connectivity index (χ1) is 14.9. The Labute approximate surface area is 186 Å². The summed E-state index contributed by atoms with van der Waals surface area (Å²) in [7, 11) is 0. The van der Waals surface area contributed by atoms with Gasteiger partial charge >= 0.3 is 6.09 Å². The number of hydrogen-bond donors (Lipinski definition) is 3. The number of rotatable bonds is 6. The number of ether oxygens (including phenoxy) is 1. The molecule has 4 rings (SSSR count). The van der Waals surface area contributed by atoms with Crippen molar-refractivity contribution in [2.75, 3.05) is 13.2 Å². The Bertz CT molecular complexity index is 1030. The van der Waals surface area contributed by atoms with E-state index < -0.39 is 18.3 Å². The van der Waals surface area contributed by atoms with E-state index in [0.29, 0.717) is 10.6 Å². The van der Waals surface area contributed by atoms with Gasteiger partial charge in [0, 0.05) is 17.5 Å². The van der Waals surface area contributed by atoms with Crippen LogP contribution in [0.2, 0.25) is 5.02 Å². The fraction of sp³-hybridized carbons (Fsp3) is 0.240. The molecule has 0 bridgehead atoms. The Morgan fingerprint density at radius 1 is 1.03 bits per heavy atom. The lowest BCUT2D eigenvalue weighted by atomic mass is 9.98. The highest BCUT2D eigenvalue weighted by atomic mass is 35.5. The molecule has 1 aliphatic carbocycles. The largest absolute Gasteiger partial charge is 0.449 e. The first-order valence-electron chi connectivity index (χ1n) is 10.2. The first-order valence-corrected chi connectivity index (χ1v) is 10.5. The van der Waals surface area contributed by atoms with Crippen molar-refractivity contribution in [1.29, 1.82) is 0 Å². The number of carbonyl (C=O) groups excluding carboxylic acids is 1. The zero-order chi connectivity index (χ0) is 22.0. The van der Waals surface area contributed by atoms with Gasteiger partial charge in [0.15, 0.2) is 0 Å². The molecule has 5 nitrogen and oxygen atoms in total. The zero-order valence-corrected chi connectivity index (χ0v) is 17.8. The van der Waals surface area contributed by atoms with Gasteiger partial charge in [-0.3, -0.25) is 0 Å². The summed E-state index contributed by atoms with van der Waals surface area (Å²) in [5, 5.41) is 23.7. The van der Waals surface area contributed by atoms with Crippen molar-refractivity contribution in [3.63, 3.8) is 0 Å². The Kier molecular flexibility index (Phi) is 6.28. The Hall–Kier alpha value is -2.86. The van der Waals surface area contributed by atoms with E-state index in [-0.39, 0.29) is 19.1 Å². The van der Waals surface area contributed by atoms with E-state index in [9.17, 15) is 15.0 Å². The number of carbonyl (C=O) groups is 1. The van der Waals surface area contributed by atoms with Crippen LogP contribution >= 0.6 is 11.6 Å². The van der Waals surface area contributed by atoms with E-state index >= 15 is 0 Å². The molecule has 31 heavy (non-hydrogen) atoms. The number of amides is 1. The lowest BCUT2D eigenvalue weighted by molar-refractivity contribution is 0.0185. The number of fused-ring (bicyclic) bond motifs is 3. The van der Waals surface area contributed by atoms with Gasteiger partial charge in [0.2, 0.25) is 0 Å². The van der Waals surface area contributed by atoms with Crippen LogP contribution in [0.25, 0.3) is 11.1 Å². The van der Waals surface area contributed by atoms with Crippen molar-refractivity contribution in [3.05, 3.63) is 94.0 Å². The van der Waals surface area contributed by atoms with Crippen LogP contribution in [0.1, 0.15) is 34.3 Å². The minimum atomic E-state index is -1.20. The van der Waals surface area contributed by atoms with Gasteiger partial charge < -0.3 is 20.3 Å². The summed E-state index contributed by atoms with van der Waals surface area (Å²) < 4.78 is 5.45. The molecule has 2 atom stereocenters. The predicted octanol–water partition coefficient (Wildman–Crippen LogP) is 4.58. The van der Waals surface area contributed by atoms with Gasteiger partial charge in [-0.05, 0) is 52.4 Å². The summed E-state index contributed by atoms with van der Waals surface area (Å²) in [4.78, 5) is 12.2. The molecule has 0 saturated heterocycles. The third kappa shape index (κ3) is 4.59. The lowest BCUT2D eigenvalue weighted by Gasteiger charge is -2.20. The molecule has 0 saturated carbocycles. The van der Waals surface area contributed by atoms with Crippen LogP contribution in [-0.2, 0) is 4.74 Å². The molecule has 1 aliphatic rings. The summed E-state index contributed by atoms with van der Waals surface area (Å²) in [6, 6.07) is 21.3. The monoisotopic (exact) mass is 437 g/mol. The maximum Gasteiger partial charge on any atom is 0.407 e. The number of halogens is 1. The normalized spacial score (nSPS) is 14.5. The number of nitrogens with one attached hydrogen (secondary N) is 1. The van der Waals surface area contributed by atoms with Crippen molar-refractivity contribution in [2.45, 2.75) is 25.0 Å². The maximum atomic E-state index is 12.2. The SMILES string of the molecule is Cc1cc(Cl)cc(C(O)C(O)CNC(=O)OCC2c3ccccc3-c3ccccc32)c1. The second-order valence-corrected chi connectivity index (χ2v) is 8.22. The number of aliphatic hydroxyl groups is 2. The van der Waals surface area contributed by atoms with Crippen LogP contribution < -0.4 is 5.32 Å². The van der Waals surface area contributed by atoms with Crippen LogP contribution in [0.3, 0.4) is 0 Å². The van der Waals surface area contributed by atoms with Crippen molar-refractivity contribution in [1.82, 2.24) is 5.32 Å². The molecule has 3 aromatic rings. The minimum absolute atomic E-state index is 0.0388. The molecular formula is C25H24ClNO4. The predicted molar refractivity (Wildman–Crippen MR) is 120 cm³/mol. The van der Waals surface area contributed by atoms with E-state index in [1.54, 1.807) is 18.2 Å². The highest BCUT2D eigenvalue weighted by molar-refractivity contribution is 6.30. The summed E-state index contributed by atoms with van der Waals surface area (Å²) in [5.74, 6) is -0.0388. The molecule has 3 aromatic carbocycles. The average molecular weight is 438 g/mol. The van der Waals surface area contributed by atoms with E-state index in [2.05, 4.69) is 17.4 Å². The van der Waals surface area contributed by atoms with Crippen LogP contribution in [0.5, 0.6) is 0 Å². The topological polar surface area (TPSA) is 78.8 Å². The quantitative estimate of drug-likeness (QED) is 0.527. The standard InChI is InChI=1S/C25H24ClNO4/c1-15-10-16(12-17(26)11-15)24(29)23(28)13-27-25(30)31-14-22-20-8-4-2-6-18(20)19-7-3-5-9-21(19)22/h2-12,22-24,28-29H,13-14H2,1H3,(H,27,30). The van der Waals surface area contributed by atoms with Crippen molar-refractivity contribution < 1.29 is 19.7 Å². The molecule has 0 fully saturated rings. The molecule has 0 aliphatic heterocycles. The summed E-state index contributed by atoms with van der Waals surface area (Å²) in [6.45, 7) is 1.89. The number of aryl methyl sites for hydroxylation is 1. The summed E-state index contributed by atoms with van der Waals surface area (Å²) >= 11 is 6.02. The Morgan fingerprint density at radius 3 is 2.26 bits per heavy atom. The zero-order valence-electron chi connectivity index (χ0n) is 17.1. The molecule has 0 aromatic heterocycles. The second kappa shape index (κ2) is 9.10. The smallest absolute Gasteiger partial charge is 0.407 e. The van der Waals surface area contributed by atoms with E-state index in [0.717, 1.165) is 27.8 Å². The van der Waals surface area contributed by atoms with Crippen molar-refractivity contribution in [3.8, 4) is 11.1 Å². The molecular weight excluding hydrogens is 414 g/mol. The number of alkyl carbamates (subject to hydrolysis) is 1. The highest BCUT2D eigenvalue weighted by Gasteiger charge is 2.29. The Morgan fingerprint density at radius 2 is 1.65 bits per heavy atom. The van der Waals surface area contributed by atoms with Crippen LogP contribution in [0.15, 0.2) is 66.7 Å². The molecule has 160 valence electrons. The maximum absolute atomic E-state index is 12.2. The lowest BCUT2D eigenvalue weighted by Crippen LogP contribution is -2.36. The van der Waals surface area contributed by atoms with E-state index in [4.69, 9.17) is 16.3 Å². The summed E-state index contributed by atoms with van der Waals surface area (Å²) in [6.07, 6.45) is -3.01. The molecule has 2 unspecified atom stereocenters. The van der Waals surface area contributed by atoms with Gasteiger partial charge in [0.25, 0.3) is 0 Å². The first kappa shape index (κ1) is 21.4. The van der Waals surface area contributed by atoms with Crippen molar-refractivity contribution >= 4 is 17.7 Å². The van der Waals surface area contributed by atoms with Gasteiger partial charge in [-0.15, -0.1) is 0 Å². The minimum Gasteiger partial charge on any atom is -0.449 e. The Balaban J connectivity index is 1.35. The molecule has 0 radical (unpaired) electrons. The van der Waals surface area contributed by atoms with Crippen LogP contribution in [0.4, 0.5) is 4.79 Å². The highest BCUT2D eigenvalue weighted by Crippen LogP contribution is 2.44. The molecule has 0 heterocycles. The molecule has 1 amide bonds. The van der Waals surface area contributed by atoms with Crippen LogP contribution in [-0.4, -0.2) is 35.6 Å². The third-order valence-electron chi connectivity index (χ3n) is 5.57. The van der Waals surface area contributed by atoms with E-state index in [1.165, 1.54) is 0 Å². The fourth-order valence-corrected chi connectivity index (χ4v) is 4.40. The van der Waals surface area contributed by atoms with Gasteiger partial charge in [-0.1, -0.05) is 66.2 Å². The van der Waals surface area contributed by atoms with E-state index in [1.807, 2.05) is 43.3 Å². The molecule has 0 spiro atoms. The number of aliphatic hydroxyl groups excluding tert-OH is 2. The van der Waals surface area contributed by atoms with Crippen LogP contribution in [0, 0.1) is 6.92 Å². The van der Waals surface area contributed by atoms with Gasteiger partial charge in [-0.2, -0.15) is 0 Å². The van der Waals surface area contributed by atoms with Gasteiger partial charge in [-0.25, -0.2) is 4.79 Å². The average Bonchev–Trinajstić information content (AvgIpc) is 3.08. The third-order valence-corrected chi connectivity index (χ3v) is 5.79. The summed E-state index contributed by atoms with van der Waals surface area (Å²) in [5.41, 5.74) is 5.93. The number of benzene rings is 3. The van der Waals surface area contributed by atoms with Crippen molar-refractivity contribution in [2.24, 2.45) is 0 Å². The van der Waals surface area contributed by atoms with Gasteiger partial charge in [0.1, 0.15) is 18.8 Å². The number of hydrogen-bond acceptors (Lipinski definition) is 4. The van der Waals surface area contributed by atoms with Gasteiger partial charge in [0.05, 0.1) is 0 Å². The second-order valence-electron chi connectivity index (χ2n) is 7.78. The molecule has 3 N–H and O–H groups in total. The fourth-order valence-electron chi connectivity index (χ4n) is 4.11. The molecule has 6 heteroatoms.